The molecular weight excluding hydrogens is 270 g/mol. The van der Waals surface area contributed by atoms with Crippen LogP contribution >= 0.6 is 0 Å². The summed E-state index contributed by atoms with van der Waals surface area (Å²) < 4.78 is 32.8. The first-order valence-electron chi connectivity index (χ1n) is 6.66. The molecule has 5 nitrogen and oxygen atoms in total. The van der Waals surface area contributed by atoms with E-state index in [0.717, 1.165) is 6.42 Å². The summed E-state index contributed by atoms with van der Waals surface area (Å²) in [4.78, 5) is 11.6. The molecule has 0 aliphatic heterocycles. The molecule has 112 valence electrons. The van der Waals surface area contributed by atoms with Gasteiger partial charge in [-0.2, -0.15) is 0 Å². The molecule has 0 atom stereocenters. The molecule has 0 bridgehead atoms. The highest BCUT2D eigenvalue weighted by molar-refractivity contribution is 5.92. The Balaban J connectivity index is 1.96. The van der Waals surface area contributed by atoms with Crippen LogP contribution in [0.2, 0.25) is 0 Å². The molecule has 0 spiro atoms. The van der Waals surface area contributed by atoms with Crippen molar-refractivity contribution in [1.29, 1.82) is 0 Å². The molecule has 2 N–H and O–H groups in total. The summed E-state index contributed by atoms with van der Waals surface area (Å²) in [6, 6.07) is 1.36. The van der Waals surface area contributed by atoms with Crippen LogP contribution in [0.3, 0.4) is 0 Å². The van der Waals surface area contributed by atoms with Crippen molar-refractivity contribution >= 4 is 5.91 Å². The largest absolute Gasteiger partial charge is 0.384 e. The maximum Gasteiger partial charge on any atom is 0.293 e. The van der Waals surface area contributed by atoms with E-state index in [1.807, 2.05) is 0 Å². The smallest absolute Gasteiger partial charge is 0.293 e. The Morgan fingerprint density at radius 3 is 2.70 bits per heavy atom. The van der Waals surface area contributed by atoms with Gasteiger partial charge in [-0.05, 0) is 19.8 Å². The van der Waals surface area contributed by atoms with E-state index in [4.69, 9.17) is 4.52 Å². The number of carbonyl (C=O) groups is 1. The van der Waals surface area contributed by atoms with E-state index in [-0.39, 0.29) is 18.5 Å². The maximum absolute atomic E-state index is 14.1. The van der Waals surface area contributed by atoms with Gasteiger partial charge in [0.1, 0.15) is 11.4 Å². The van der Waals surface area contributed by atoms with Crippen molar-refractivity contribution in [3.8, 4) is 0 Å². The summed E-state index contributed by atoms with van der Waals surface area (Å²) in [5, 5.41) is 15.6. The normalized spacial score (nSPS) is 18.8. The Bertz CT molecular complexity index is 482. The lowest BCUT2D eigenvalue weighted by molar-refractivity contribution is -0.191. The first kappa shape index (κ1) is 14.9. The fourth-order valence-corrected chi connectivity index (χ4v) is 2.42. The number of aliphatic hydroxyl groups is 1. The van der Waals surface area contributed by atoms with Crippen molar-refractivity contribution in [2.24, 2.45) is 0 Å². The number of amides is 1. The van der Waals surface area contributed by atoms with Crippen LogP contribution in [-0.2, 0) is 0 Å². The number of nitrogens with zero attached hydrogens (tertiary/aromatic N) is 1. The van der Waals surface area contributed by atoms with Crippen LogP contribution in [0.4, 0.5) is 8.78 Å². The number of aromatic nitrogens is 1. The van der Waals surface area contributed by atoms with E-state index in [1.165, 1.54) is 6.07 Å². The number of alkyl halides is 2. The molecule has 1 aliphatic carbocycles. The second-order valence-electron chi connectivity index (χ2n) is 5.30. The minimum Gasteiger partial charge on any atom is -0.384 e. The average molecular weight is 288 g/mol. The molecule has 0 saturated heterocycles. The van der Waals surface area contributed by atoms with Crippen LogP contribution in [-0.4, -0.2) is 34.2 Å². The Hall–Kier alpha value is -1.50. The van der Waals surface area contributed by atoms with Crippen molar-refractivity contribution in [1.82, 2.24) is 10.5 Å². The molecule has 1 heterocycles. The van der Waals surface area contributed by atoms with Gasteiger partial charge in [-0.1, -0.05) is 24.4 Å². The lowest BCUT2D eigenvalue weighted by Crippen LogP contribution is -2.55. The summed E-state index contributed by atoms with van der Waals surface area (Å²) in [6.45, 7) is 0.692. The quantitative estimate of drug-likeness (QED) is 0.889. The molecule has 1 amide bonds. The molecule has 1 aromatic rings. The standard InChI is InChI=1S/C13H18F2N2O3/c1-9-7-10(17-20-9)11(18)16-8-13(14,15)12(19)5-3-2-4-6-12/h7,19H,2-6,8H2,1H3,(H,16,18). The van der Waals surface area contributed by atoms with Crippen LogP contribution in [0.1, 0.15) is 48.4 Å². The van der Waals surface area contributed by atoms with Crippen LogP contribution in [0.15, 0.2) is 10.6 Å². The zero-order valence-electron chi connectivity index (χ0n) is 11.3. The summed E-state index contributed by atoms with van der Waals surface area (Å²) in [6.07, 6.45) is 2.10. The fourth-order valence-electron chi connectivity index (χ4n) is 2.42. The van der Waals surface area contributed by atoms with Gasteiger partial charge in [0.25, 0.3) is 11.8 Å². The van der Waals surface area contributed by atoms with Crippen LogP contribution in [0.5, 0.6) is 0 Å². The van der Waals surface area contributed by atoms with E-state index in [1.54, 1.807) is 6.92 Å². The van der Waals surface area contributed by atoms with Crippen LogP contribution in [0.25, 0.3) is 0 Å². The zero-order chi connectivity index (χ0) is 14.8. The van der Waals surface area contributed by atoms with E-state index in [2.05, 4.69) is 10.5 Å². The zero-order valence-corrected chi connectivity index (χ0v) is 11.3. The topological polar surface area (TPSA) is 75.4 Å². The minimum absolute atomic E-state index is 0.0473. The van der Waals surface area contributed by atoms with Crippen LogP contribution in [0, 0.1) is 6.92 Å². The number of hydrogen-bond acceptors (Lipinski definition) is 4. The van der Waals surface area contributed by atoms with E-state index < -0.39 is 24.0 Å². The van der Waals surface area contributed by atoms with Gasteiger partial charge in [0.15, 0.2) is 5.69 Å². The molecule has 1 saturated carbocycles. The molecular formula is C13H18F2N2O3. The lowest BCUT2D eigenvalue weighted by Gasteiger charge is -2.38. The Labute approximate surface area is 115 Å². The number of carbonyl (C=O) groups excluding carboxylic acids is 1. The first-order chi connectivity index (χ1) is 9.34. The highest BCUT2D eigenvalue weighted by atomic mass is 19.3. The van der Waals surface area contributed by atoms with Gasteiger partial charge in [0, 0.05) is 6.07 Å². The Kier molecular flexibility index (Phi) is 4.08. The Morgan fingerprint density at radius 1 is 1.50 bits per heavy atom. The molecule has 0 unspecified atom stereocenters. The number of nitrogens with one attached hydrogen (secondary N) is 1. The SMILES string of the molecule is Cc1cc(C(=O)NCC(F)(F)C2(O)CCCCC2)no1. The van der Waals surface area contributed by atoms with Crippen molar-refractivity contribution in [3.05, 3.63) is 17.5 Å². The highest BCUT2D eigenvalue weighted by Crippen LogP contribution is 2.40. The number of rotatable bonds is 4. The van der Waals surface area contributed by atoms with Crippen molar-refractivity contribution in [3.63, 3.8) is 0 Å². The van der Waals surface area contributed by atoms with Crippen molar-refractivity contribution in [2.75, 3.05) is 6.54 Å². The summed E-state index contributed by atoms with van der Waals surface area (Å²) in [5.74, 6) is -3.67. The van der Waals surface area contributed by atoms with Gasteiger partial charge in [0.05, 0.1) is 6.54 Å². The lowest BCUT2D eigenvalue weighted by atomic mass is 9.80. The first-order valence-corrected chi connectivity index (χ1v) is 6.66. The molecule has 1 aromatic heterocycles. The number of hydrogen-bond donors (Lipinski definition) is 2. The van der Waals surface area contributed by atoms with E-state index in [0.29, 0.717) is 18.6 Å². The second kappa shape index (κ2) is 5.47. The maximum atomic E-state index is 14.1. The highest BCUT2D eigenvalue weighted by Gasteiger charge is 2.52. The predicted molar refractivity (Wildman–Crippen MR) is 66.6 cm³/mol. The third-order valence-electron chi connectivity index (χ3n) is 3.69. The monoisotopic (exact) mass is 288 g/mol. The third-order valence-corrected chi connectivity index (χ3v) is 3.69. The van der Waals surface area contributed by atoms with Gasteiger partial charge in [-0.15, -0.1) is 0 Å². The van der Waals surface area contributed by atoms with E-state index >= 15 is 0 Å². The number of aryl methyl sites for hydroxylation is 1. The third kappa shape index (κ3) is 2.98. The van der Waals surface area contributed by atoms with Gasteiger partial charge in [-0.25, -0.2) is 8.78 Å². The average Bonchev–Trinajstić information content (AvgIpc) is 2.83. The van der Waals surface area contributed by atoms with Crippen molar-refractivity contribution in [2.45, 2.75) is 50.6 Å². The minimum atomic E-state index is -3.36. The molecule has 20 heavy (non-hydrogen) atoms. The van der Waals surface area contributed by atoms with Gasteiger partial charge < -0.3 is 14.9 Å². The van der Waals surface area contributed by atoms with Gasteiger partial charge in [-0.3, -0.25) is 4.79 Å². The summed E-state index contributed by atoms with van der Waals surface area (Å²) in [7, 11) is 0. The van der Waals surface area contributed by atoms with Gasteiger partial charge in [0.2, 0.25) is 0 Å². The predicted octanol–water partition coefficient (Wildman–Crippen LogP) is 2.04. The molecule has 0 aromatic carbocycles. The molecule has 7 heteroatoms. The number of halogens is 2. The molecule has 2 rings (SSSR count). The summed E-state index contributed by atoms with van der Waals surface area (Å²) >= 11 is 0. The fraction of sp³-hybridized carbons (Fsp3) is 0.692. The van der Waals surface area contributed by atoms with Gasteiger partial charge >= 0.3 is 0 Å². The Morgan fingerprint density at radius 2 is 2.15 bits per heavy atom. The van der Waals surface area contributed by atoms with Crippen molar-refractivity contribution < 1.29 is 23.2 Å². The molecule has 1 aliphatic rings. The van der Waals surface area contributed by atoms with Crippen LogP contribution < -0.4 is 5.32 Å². The molecule has 1 fully saturated rings. The summed E-state index contributed by atoms with van der Waals surface area (Å²) in [5.41, 5.74) is -2.08. The molecule has 0 radical (unpaired) electrons. The van der Waals surface area contributed by atoms with E-state index in [9.17, 15) is 18.7 Å². The second-order valence-corrected chi connectivity index (χ2v) is 5.30.